The van der Waals surface area contributed by atoms with Gasteiger partial charge in [0.05, 0.1) is 0 Å². The fourth-order valence-corrected chi connectivity index (χ4v) is 1.16. The third-order valence-corrected chi connectivity index (χ3v) is 1.80. The molecular formula is C7H9NO. The molecule has 1 amide bonds. The Hall–Kier alpha value is -0.970. The number of hydrogen-bond acceptors (Lipinski definition) is 1. The summed E-state index contributed by atoms with van der Waals surface area (Å²) in [6.45, 7) is 0.948. The second-order valence-electron chi connectivity index (χ2n) is 2.35. The fraction of sp³-hybridized carbons (Fsp3) is 0.571. The normalized spacial score (nSPS) is 35.6. The number of nitrogens with one attached hydrogen (secondary N) is 1. The first-order valence-corrected chi connectivity index (χ1v) is 2.99. The SMILES string of the molecule is C#C.O=C1NCC2CC12. The number of rotatable bonds is 0. The van der Waals surface area contributed by atoms with E-state index in [4.69, 9.17) is 0 Å². The van der Waals surface area contributed by atoms with Crippen LogP contribution in [0.1, 0.15) is 6.42 Å². The van der Waals surface area contributed by atoms with Crippen LogP contribution < -0.4 is 5.32 Å². The summed E-state index contributed by atoms with van der Waals surface area (Å²) in [5, 5.41) is 2.78. The maximum Gasteiger partial charge on any atom is 0.223 e. The summed E-state index contributed by atoms with van der Waals surface area (Å²) in [6.07, 6.45) is 9.16. The largest absolute Gasteiger partial charge is 0.356 e. The maximum atomic E-state index is 10.5. The number of hydrogen-bond donors (Lipinski definition) is 1. The third kappa shape index (κ3) is 0.904. The fourth-order valence-electron chi connectivity index (χ4n) is 1.16. The Balaban J connectivity index is 0.000000186. The van der Waals surface area contributed by atoms with Crippen LogP contribution >= 0.6 is 0 Å². The zero-order valence-electron chi connectivity index (χ0n) is 5.13. The number of amides is 1. The highest BCUT2D eigenvalue weighted by Crippen LogP contribution is 2.41. The minimum absolute atomic E-state index is 0.282. The van der Waals surface area contributed by atoms with Gasteiger partial charge in [0.1, 0.15) is 0 Å². The van der Waals surface area contributed by atoms with E-state index in [-0.39, 0.29) is 5.91 Å². The van der Waals surface area contributed by atoms with Gasteiger partial charge in [0, 0.05) is 12.5 Å². The summed E-state index contributed by atoms with van der Waals surface area (Å²) in [6, 6.07) is 0. The molecular weight excluding hydrogens is 114 g/mol. The van der Waals surface area contributed by atoms with E-state index in [1.807, 2.05) is 0 Å². The molecule has 48 valence electrons. The lowest BCUT2D eigenvalue weighted by Gasteiger charge is -1.89. The van der Waals surface area contributed by atoms with Gasteiger partial charge in [-0.1, -0.05) is 0 Å². The molecule has 9 heavy (non-hydrogen) atoms. The van der Waals surface area contributed by atoms with Gasteiger partial charge in [-0.15, -0.1) is 12.8 Å². The van der Waals surface area contributed by atoms with Crippen LogP contribution in [0, 0.1) is 24.7 Å². The van der Waals surface area contributed by atoms with Crippen LogP contribution in [0.25, 0.3) is 0 Å². The van der Waals surface area contributed by atoms with E-state index in [9.17, 15) is 4.79 Å². The molecule has 0 aromatic rings. The van der Waals surface area contributed by atoms with E-state index in [0.29, 0.717) is 5.92 Å². The van der Waals surface area contributed by atoms with Crippen molar-refractivity contribution in [2.75, 3.05) is 6.54 Å². The molecule has 0 aromatic carbocycles. The lowest BCUT2D eigenvalue weighted by Crippen LogP contribution is -2.18. The molecule has 1 saturated heterocycles. The predicted molar refractivity (Wildman–Crippen MR) is 34.5 cm³/mol. The minimum atomic E-state index is 0.282. The van der Waals surface area contributed by atoms with Gasteiger partial charge in [0.15, 0.2) is 0 Å². The molecule has 1 aliphatic carbocycles. The van der Waals surface area contributed by atoms with Crippen LogP contribution in [-0.2, 0) is 4.79 Å². The van der Waals surface area contributed by atoms with Crippen LogP contribution in [0.4, 0.5) is 0 Å². The standard InChI is InChI=1S/C5H7NO.C2H2/c7-5-4-1-3(4)2-6-5;1-2/h3-4H,1-2H2,(H,6,7);1-2H. The monoisotopic (exact) mass is 123 g/mol. The summed E-state index contributed by atoms with van der Waals surface area (Å²) >= 11 is 0. The molecule has 0 aromatic heterocycles. The summed E-state index contributed by atoms with van der Waals surface area (Å²) in [7, 11) is 0. The van der Waals surface area contributed by atoms with E-state index in [1.165, 1.54) is 0 Å². The zero-order valence-corrected chi connectivity index (χ0v) is 5.13. The first-order valence-electron chi connectivity index (χ1n) is 2.99. The number of piperidine rings is 1. The van der Waals surface area contributed by atoms with E-state index < -0.39 is 0 Å². The van der Waals surface area contributed by atoms with Crippen molar-refractivity contribution in [2.24, 2.45) is 11.8 Å². The summed E-state index contributed by atoms with van der Waals surface area (Å²) in [5.41, 5.74) is 0. The van der Waals surface area contributed by atoms with Gasteiger partial charge in [0.25, 0.3) is 0 Å². The molecule has 1 aliphatic heterocycles. The number of carbonyl (C=O) groups is 1. The van der Waals surface area contributed by atoms with Gasteiger partial charge in [0.2, 0.25) is 5.91 Å². The van der Waals surface area contributed by atoms with Crippen LogP contribution in [0.5, 0.6) is 0 Å². The van der Waals surface area contributed by atoms with Crippen LogP contribution in [0.3, 0.4) is 0 Å². The molecule has 2 heteroatoms. The van der Waals surface area contributed by atoms with Crippen molar-refractivity contribution >= 4 is 5.91 Å². The number of carbonyl (C=O) groups excluding carboxylic acids is 1. The smallest absolute Gasteiger partial charge is 0.223 e. The second kappa shape index (κ2) is 2.10. The van der Waals surface area contributed by atoms with Crippen molar-refractivity contribution in [3.05, 3.63) is 0 Å². The van der Waals surface area contributed by atoms with E-state index in [2.05, 4.69) is 18.2 Å². The van der Waals surface area contributed by atoms with E-state index in [0.717, 1.165) is 18.9 Å². The summed E-state index contributed by atoms with van der Waals surface area (Å²) in [5.74, 6) is 1.44. The Morgan fingerprint density at radius 2 is 2.22 bits per heavy atom. The Morgan fingerprint density at radius 1 is 1.56 bits per heavy atom. The topological polar surface area (TPSA) is 29.1 Å². The average Bonchev–Trinajstić information content (AvgIpc) is 2.61. The Labute approximate surface area is 54.6 Å². The quantitative estimate of drug-likeness (QED) is 0.451. The van der Waals surface area contributed by atoms with Gasteiger partial charge < -0.3 is 5.32 Å². The van der Waals surface area contributed by atoms with Crippen molar-refractivity contribution in [3.8, 4) is 12.8 Å². The predicted octanol–water partition coefficient (Wildman–Crippen LogP) is 0.00170. The first kappa shape index (κ1) is 6.15. The van der Waals surface area contributed by atoms with Crippen molar-refractivity contribution in [2.45, 2.75) is 6.42 Å². The summed E-state index contributed by atoms with van der Waals surface area (Å²) < 4.78 is 0. The molecule has 0 bridgehead atoms. The van der Waals surface area contributed by atoms with Gasteiger partial charge in [-0.05, 0) is 12.3 Å². The van der Waals surface area contributed by atoms with Crippen LogP contribution in [0.2, 0.25) is 0 Å². The van der Waals surface area contributed by atoms with Crippen molar-refractivity contribution < 1.29 is 4.79 Å². The van der Waals surface area contributed by atoms with Crippen LogP contribution in [0.15, 0.2) is 0 Å². The highest BCUT2D eigenvalue weighted by Gasteiger charge is 2.47. The van der Waals surface area contributed by atoms with Gasteiger partial charge in [-0.25, -0.2) is 0 Å². The molecule has 2 nitrogen and oxygen atoms in total. The molecule has 1 heterocycles. The van der Waals surface area contributed by atoms with E-state index in [1.54, 1.807) is 0 Å². The second-order valence-corrected chi connectivity index (χ2v) is 2.35. The van der Waals surface area contributed by atoms with Crippen molar-refractivity contribution in [1.29, 1.82) is 0 Å². The zero-order chi connectivity index (χ0) is 6.85. The average molecular weight is 123 g/mol. The molecule has 1 saturated carbocycles. The molecule has 2 fully saturated rings. The van der Waals surface area contributed by atoms with Gasteiger partial charge >= 0.3 is 0 Å². The Morgan fingerprint density at radius 3 is 2.33 bits per heavy atom. The minimum Gasteiger partial charge on any atom is -0.356 e. The molecule has 2 atom stereocenters. The maximum absolute atomic E-state index is 10.5. The third-order valence-electron chi connectivity index (χ3n) is 1.80. The lowest BCUT2D eigenvalue weighted by atomic mass is 10.4. The van der Waals surface area contributed by atoms with Crippen molar-refractivity contribution in [1.82, 2.24) is 5.32 Å². The number of terminal acetylenes is 1. The molecule has 2 aliphatic rings. The highest BCUT2D eigenvalue weighted by atomic mass is 16.2. The molecule has 1 N–H and O–H groups in total. The first-order chi connectivity index (χ1) is 4.38. The lowest BCUT2D eigenvalue weighted by molar-refractivity contribution is -0.120. The van der Waals surface area contributed by atoms with Gasteiger partial charge in [-0.2, -0.15) is 0 Å². The highest BCUT2D eigenvalue weighted by molar-refractivity contribution is 5.84. The molecule has 2 unspecified atom stereocenters. The van der Waals surface area contributed by atoms with Gasteiger partial charge in [-0.3, -0.25) is 4.79 Å². The molecule has 0 spiro atoms. The number of fused-ring (bicyclic) bond motifs is 1. The molecule has 2 rings (SSSR count). The Bertz CT molecular complexity index is 150. The van der Waals surface area contributed by atoms with Crippen molar-refractivity contribution in [3.63, 3.8) is 0 Å². The Kier molecular flexibility index (Phi) is 1.44. The van der Waals surface area contributed by atoms with Crippen LogP contribution in [-0.4, -0.2) is 12.5 Å². The summed E-state index contributed by atoms with van der Waals surface area (Å²) in [4.78, 5) is 10.5. The molecule has 0 radical (unpaired) electrons. The van der Waals surface area contributed by atoms with E-state index >= 15 is 0 Å².